The summed E-state index contributed by atoms with van der Waals surface area (Å²) in [5.41, 5.74) is 1.59. The van der Waals surface area contributed by atoms with E-state index in [0.29, 0.717) is 11.1 Å². The van der Waals surface area contributed by atoms with Gasteiger partial charge in [0, 0.05) is 8.96 Å². The van der Waals surface area contributed by atoms with Gasteiger partial charge in [0.15, 0.2) is 12.3 Å². The second-order valence-electron chi connectivity index (χ2n) is 4.72. The minimum Gasteiger partial charge on any atom is -0.451 e. The first-order valence-corrected chi connectivity index (χ1v) is 7.87. The van der Waals surface area contributed by atoms with Gasteiger partial charge in [-0.25, -0.2) is 4.79 Å². The van der Waals surface area contributed by atoms with Gasteiger partial charge in [-0.3, -0.25) is 9.89 Å². The van der Waals surface area contributed by atoms with Crippen LogP contribution in [0.2, 0.25) is 0 Å². The first kappa shape index (κ1) is 15.5. The number of aromatic nitrogens is 2. The number of nitrogens with zero attached hydrogens (tertiary/aromatic N) is 1. The summed E-state index contributed by atoms with van der Waals surface area (Å²) in [6, 6.07) is 14.6. The van der Waals surface area contributed by atoms with Crippen LogP contribution in [0.1, 0.15) is 10.5 Å². The average molecular weight is 421 g/mol. The van der Waals surface area contributed by atoms with Gasteiger partial charge in [-0.2, -0.15) is 5.10 Å². The molecule has 0 bridgehead atoms. The molecule has 3 aromatic rings. The van der Waals surface area contributed by atoms with Crippen molar-refractivity contribution in [3.63, 3.8) is 0 Å². The maximum Gasteiger partial charge on any atom is 0.359 e. The highest BCUT2D eigenvalue weighted by Gasteiger charge is 2.16. The number of carbonyl (C=O) groups excluding carboxylic acids is 2. The fraction of sp³-hybridized carbons (Fsp3) is 0.0625. The van der Waals surface area contributed by atoms with Crippen molar-refractivity contribution in [3.05, 3.63) is 57.8 Å². The van der Waals surface area contributed by atoms with E-state index in [-0.39, 0.29) is 12.3 Å². The number of nitrogens with one attached hydrogen (secondary N) is 2. The molecule has 3 rings (SSSR count). The first-order chi connectivity index (χ1) is 11.1. The Hall–Kier alpha value is -2.42. The molecule has 0 fully saturated rings. The lowest BCUT2D eigenvalue weighted by molar-refractivity contribution is -0.119. The zero-order chi connectivity index (χ0) is 16.2. The summed E-state index contributed by atoms with van der Waals surface area (Å²) in [6.45, 7) is -0.370. The highest BCUT2D eigenvalue weighted by molar-refractivity contribution is 14.1. The van der Waals surface area contributed by atoms with Crippen LogP contribution in [0.25, 0.3) is 10.9 Å². The molecule has 116 valence electrons. The third kappa shape index (κ3) is 3.50. The van der Waals surface area contributed by atoms with Crippen molar-refractivity contribution in [2.24, 2.45) is 0 Å². The molecule has 1 heterocycles. The molecule has 0 atom stereocenters. The Morgan fingerprint density at radius 3 is 2.70 bits per heavy atom. The molecule has 7 heteroatoms. The van der Waals surface area contributed by atoms with Crippen LogP contribution in [0, 0.1) is 3.57 Å². The highest BCUT2D eigenvalue weighted by Crippen LogP contribution is 2.17. The van der Waals surface area contributed by atoms with Crippen molar-refractivity contribution in [1.82, 2.24) is 10.2 Å². The number of H-pyrrole nitrogens is 1. The van der Waals surface area contributed by atoms with E-state index in [4.69, 9.17) is 4.74 Å². The van der Waals surface area contributed by atoms with Crippen LogP contribution >= 0.6 is 22.6 Å². The molecule has 2 aromatic carbocycles. The molecule has 6 nitrogen and oxygen atoms in total. The van der Waals surface area contributed by atoms with E-state index in [9.17, 15) is 9.59 Å². The van der Waals surface area contributed by atoms with E-state index in [1.165, 1.54) is 0 Å². The lowest BCUT2D eigenvalue weighted by atomic mass is 10.2. The van der Waals surface area contributed by atoms with Crippen molar-refractivity contribution in [2.75, 3.05) is 11.9 Å². The molecule has 1 amide bonds. The number of esters is 1. The van der Waals surface area contributed by atoms with Gasteiger partial charge in [0.25, 0.3) is 5.91 Å². The number of para-hydroxylation sites is 2. The Bertz CT molecular complexity index is 876. The summed E-state index contributed by atoms with van der Waals surface area (Å²) < 4.78 is 5.94. The molecule has 0 saturated heterocycles. The van der Waals surface area contributed by atoms with E-state index in [0.717, 1.165) is 9.09 Å². The lowest BCUT2D eigenvalue weighted by Gasteiger charge is -2.07. The van der Waals surface area contributed by atoms with Crippen molar-refractivity contribution >= 4 is 51.1 Å². The standard InChI is InChI=1S/C16H12IN3O3/c17-11-6-2-4-8-13(11)18-14(21)9-23-16(22)15-10-5-1-3-7-12(10)19-20-15/h1-8H,9H2,(H,18,21)(H,19,20). The highest BCUT2D eigenvalue weighted by atomic mass is 127. The van der Waals surface area contributed by atoms with Gasteiger partial charge >= 0.3 is 5.97 Å². The van der Waals surface area contributed by atoms with Crippen LogP contribution in [0.4, 0.5) is 5.69 Å². The number of anilines is 1. The molecule has 0 aliphatic carbocycles. The second kappa shape index (κ2) is 6.78. The van der Waals surface area contributed by atoms with E-state index in [1.807, 2.05) is 30.3 Å². The molecule has 0 radical (unpaired) electrons. The minimum atomic E-state index is -0.639. The fourth-order valence-electron chi connectivity index (χ4n) is 2.07. The average Bonchev–Trinajstić information content (AvgIpc) is 2.99. The summed E-state index contributed by atoms with van der Waals surface area (Å²) >= 11 is 2.12. The zero-order valence-corrected chi connectivity index (χ0v) is 14.0. The number of benzene rings is 2. The number of hydrogen-bond acceptors (Lipinski definition) is 4. The number of fused-ring (bicyclic) bond motifs is 1. The third-order valence-electron chi connectivity index (χ3n) is 3.15. The molecule has 1 aromatic heterocycles. The Morgan fingerprint density at radius 2 is 1.87 bits per heavy atom. The Balaban J connectivity index is 1.63. The summed E-state index contributed by atoms with van der Waals surface area (Å²) in [4.78, 5) is 23.9. The normalized spacial score (nSPS) is 10.5. The molecule has 2 N–H and O–H groups in total. The van der Waals surface area contributed by atoms with E-state index >= 15 is 0 Å². The monoisotopic (exact) mass is 421 g/mol. The molecule has 0 saturated carbocycles. The van der Waals surface area contributed by atoms with Gasteiger partial charge in [-0.05, 0) is 40.8 Å². The predicted octanol–water partition coefficient (Wildman–Crippen LogP) is 2.96. The van der Waals surface area contributed by atoms with Crippen molar-refractivity contribution in [2.45, 2.75) is 0 Å². The van der Waals surface area contributed by atoms with Crippen LogP contribution < -0.4 is 5.32 Å². The maximum absolute atomic E-state index is 12.1. The Labute approximate surface area is 145 Å². The smallest absolute Gasteiger partial charge is 0.359 e. The number of ether oxygens (including phenoxy) is 1. The predicted molar refractivity (Wildman–Crippen MR) is 94.2 cm³/mol. The largest absolute Gasteiger partial charge is 0.451 e. The second-order valence-corrected chi connectivity index (χ2v) is 5.88. The summed E-state index contributed by atoms with van der Waals surface area (Å²) in [7, 11) is 0. The van der Waals surface area contributed by atoms with E-state index in [2.05, 4.69) is 38.1 Å². The van der Waals surface area contributed by atoms with Crippen LogP contribution in [0.5, 0.6) is 0 Å². The minimum absolute atomic E-state index is 0.169. The third-order valence-corrected chi connectivity index (χ3v) is 4.09. The van der Waals surface area contributed by atoms with Crippen molar-refractivity contribution in [1.29, 1.82) is 0 Å². The number of halogens is 1. The van der Waals surface area contributed by atoms with Crippen LogP contribution in [0.15, 0.2) is 48.5 Å². The van der Waals surface area contributed by atoms with Crippen molar-refractivity contribution in [3.8, 4) is 0 Å². The molecule has 23 heavy (non-hydrogen) atoms. The van der Waals surface area contributed by atoms with Crippen LogP contribution in [-0.4, -0.2) is 28.7 Å². The van der Waals surface area contributed by atoms with Gasteiger partial charge in [0.05, 0.1) is 11.2 Å². The van der Waals surface area contributed by atoms with Crippen molar-refractivity contribution < 1.29 is 14.3 Å². The summed E-state index contributed by atoms with van der Waals surface area (Å²) in [5.74, 6) is -1.04. The van der Waals surface area contributed by atoms with Gasteiger partial charge < -0.3 is 10.1 Å². The fourth-order valence-corrected chi connectivity index (χ4v) is 2.59. The molecule has 0 spiro atoms. The number of amides is 1. The Kier molecular flexibility index (Phi) is 4.56. The van der Waals surface area contributed by atoms with Gasteiger partial charge in [0.2, 0.25) is 0 Å². The quantitative estimate of drug-likeness (QED) is 0.501. The van der Waals surface area contributed by atoms with Gasteiger partial charge in [0.1, 0.15) is 0 Å². The molecule has 0 unspecified atom stereocenters. The van der Waals surface area contributed by atoms with Crippen LogP contribution in [0.3, 0.4) is 0 Å². The van der Waals surface area contributed by atoms with Crippen LogP contribution in [-0.2, 0) is 9.53 Å². The lowest BCUT2D eigenvalue weighted by Crippen LogP contribution is -2.21. The number of aromatic amines is 1. The van der Waals surface area contributed by atoms with Gasteiger partial charge in [-0.1, -0.05) is 30.3 Å². The number of rotatable bonds is 4. The zero-order valence-electron chi connectivity index (χ0n) is 11.9. The van der Waals surface area contributed by atoms with Gasteiger partial charge in [-0.15, -0.1) is 0 Å². The first-order valence-electron chi connectivity index (χ1n) is 6.80. The number of hydrogen-bond donors (Lipinski definition) is 2. The molecule has 0 aliphatic rings. The summed E-state index contributed by atoms with van der Waals surface area (Å²) in [6.07, 6.45) is 0. The number of carbonyl (C=O) groups is 2. The topological polar surface area (TPSA) is 84.1 Å². The summed E-state index contributed by atoms with van der Waals surface area (Å²) in [5, 5.41) is 10.0. The van der Waals surface area contributed by atoms with E-state index in [1.54, 1.807) is 18.2 Å². The van der Waals surface area contributed by atoms with E-state index < -0.39 is 11.9 Å². The Morgan fingerprint density at radius 1 is 1.13 bits per heavy atom. The molecular formula is C16H12IN3O3. The molecule has 0 aliphatic heterocycles. The maximum atomic E-state index is 12.1. The SMILES string of the molecule is O=C(COC(=O)c1n[nH]c2ccccc12)Nc1ccccc1I. The molecular weight excluding hydrogens is 409 g/mol.